The number of hydrogen-bond acceptors (Lipinski definition) is 3. The summed E-state index contributed by atoms with van der Waals surface area (Å²) in [6.45, 7) is 6.63. The molecule has 0 aliphatic rings. The van der Waals surface area contributed by atoms with Crippen LogP contribution in [0.15, 0.2) is 12.4 Å². The zero-order chi connectivity index (χ0) is 13.4. The van der Waals surface area contributed by atoms with E-state index in [9.17, 15) is 0 Å². The van der Waals surface area contributed by atoms with Gasteiger partial charge in [-0.05, 0) is 12.8 Å². The van der Waals surface area contributed by atoms with Gasteiger partial charge in [0.1, 0.15) is 6.07 Å². The van der Waals surface area contributed by atoms with Gasteiger partial charge in [0.05, 0.1) is 11.9 Å². The molecule has 0 amide bonds. The first kappa shape index (κ1) is 14.6. The van der Waals surface area contributed by atoms with Crippen molar-refractivity contribution >= 4 is 0 Å². The number of rotatable bonds is 7. The van der Waals surface area contributed by atoms with Crippen LogP contribution in [-0.4, -0.2) is 9.97 Å². The molecule has 1 aromatic heterocycles. The summed E-state index contributed by atoms with van der Waals surface area (Å²) in [5, 5.41) is 8.89. The molecule has 0 aliphatic heterocycles. The average molecular weight is 245 g/mol. The van der Waals surface area contributed by atoms with Crippen LogP contribution < -0.4 is 0 Å². The Morgan fingerprint density at radius 1 is 1.22 bits per heavy atom. The Morgan fingerprint density at radius 2 is 2.00 bits per heavy atom. The zero-order valence-corrected chi connectivity index (χ0v) is 11.7. The lowest BCUT2D eigenvalue weighted by molar-refractivity contribution is 0.384. The lowest BCUT2D eigenvalue weighted by Crippen LogP contribution is -2.23. The highest BCUT2D eigenvalue weighted by atomic mass is 14.8. The largest absolute Gasteiger partial charge is 0.260 e. The summed E-state index contributed by atoms with van der Waals surface area (Å²) in [7, 11) is 0. The molecule has 0 N–H and O–H groups in total. The van der Waals surface area contributed by atoms with Crippen LogP contribution in [-0.2, 0) is 5.41 Å². The molecule has 0 aromatic carbocycles. The maximum absolute atomic E-state index is 8.89. The third-order valence-corrected chi connectivity index (χ3v) is 3.73. The van der Waals surface area contributed by atoms with Gasteiger partial charge in [0.15, 0.2) is 5.69 Å². The van der Waals surface area contributed by atoms with Crippen LogP contribution in [0.1, 0.15) is 70.7 Å². The maximum Gasteiger partial charge on any atom is 0.159 e. The molecule has 1 rings (SSSR count). The van der Waals surface area contributed by atoms with Crippen molar-refractivity contribution in [2.45, 2.75) is 64.7 Å². The molecule has 18 heavy (non-hydrogen) atoms. The summed E-state index contributed by atoms with van der Waals surface area (Å²) in [4.78, 5) is 8.54. The highest BCUT2D eigenvalue weighted by Crippen LogP contribution is 2.31. The van der Waals surface area contributed by atoms with Crippen molar-refractivity contribution in [2.24, 2.45) is 0 Å². The minimum Gasteiger partial charge on any atom is -0.260 e. The Labute approximate surface area is 110 Å². The lowest BCUT2D eigenvalue weighted by Gasteiger charge is -2.27. The molecule has 1 heterocycles. The van der Waals surface area contributed by atoms with E-state index in [2.05, 4.69) is 36.8 Å². The predicted octanol–water partition coefficient (Wildman–Crippen LogP) is 3.99. The molecule has 98 valence electrons. The van der Waals surface area contributed by atoms with Crippen LogP contribution in [0.2, 0.25) is 0 Å². The van der Waals surface area contributed by atoms with Gasteiger partial charge in [-0.2, -0.15) is 5.26 Å². The molecular weight excluding hydrogens is 222 g/mol. The smallest absolute Gasteiger partial charge is 0.159 e. The molecule has 3 heteroatoms. The van der Waals surface area contributed by atoms with E-state index in [4.69, 9.17) is 5.26 Å². The first-order valence-electron chi connectivity index (χ1n) is 6.89. The average Bonchev–Trinajstić information content (AvgIpc) is 2.43. The van der Waals surface area contributed by atoms with Crippen LogP contribution in [0.25, 0.3) is 0 Å². The minimum absolute atomic E-state index is 0.0492. The zero-order valence-electron chi connectivity index (χ0n) is 11.7. The molecule has 0 saturated carbocycles. The first-order valence-corrected chi connectivity index (χ1v) is 6.89. The highest BCUT2D eigenvalue weighted by molar-refractivity contribution is 5.21. The van der Waals surface area contributed by atoms with Gasteiger partial charge in [0.25, 0.3) is 0 Å². The second-order valence-corrected chi connectivity index (χ2v) is 5.13. The normalized spacial score (nSPS) is 13.9. The van der Waals surface area contributed by atoms with Gasteiger partial charge < -0.3 is 0 Å². The summed E-state index contributed by atoms with van der Waals surface area (Å²) in [5.74, 6) is 0. The Kier molecular flexibility index (Phi) is 5.77. The van der Waals surface area contributed by atoms with Crippen molar-refractivity contribution in [1.29, 1.82) is 5.26 Å². The Hall–Kier alpha value is -1.43. The van der Waals surface area contributed by atoms with Crippen molar-refractivity contribution < 1.29 is 0 Å². The number of hydrogen-bond donors (Lipinski definition) is 0. The van der Waals surface area contributed by atoms with Crippen LogP contribution >= 0.6 is 0 Å². The summed E-state index contributed by atoms with van der Waals surface area (Å²) >= 11 is 0. The standard InChI is InChI=1S/C15H23N3/c1-4-6-7-8-9-15(3,5-2)14-12-17-11-13(10-16)18-14/h11-12H,4-9H2,1-3H3. The van der Waals surface area contributed by atoms with E-state index in [1.54, 1.807) is 0 Å². The van der Waals surface area contributed by atoms with Crippen LogP contribution in [0.3, 0.4) is 0 Å². The van der Waals surface area contributed by atoms with E-state index < -0.39 is 0 Å². The second-order valence-electron chi connectivity index (χ2n) is 5.13. The van der Waals surface area contributed by atoms with Gasteiger partial charge in [-0.25, -0.2) is 4.98 Å². The van der Waals surface area contributed by atoms with Crippen LogP contribution in [0, 0.1) is 11.3 Å². The third-order valence-electron chi connectivity index (χ3n) is 3.73. The molecule has 1 aromatic rings. The van der Waals surface area contributed by atoms with E-state index in [0.717, 1.165) is 18.5 Å². The maximum atomic E-state index is 8.89. The van der Waals surface area contributed by atoms with E-state index in [1.807, 2.05) is 6.20 Å². The molecule has 0 saturated heterocycles. The summed E-state index contributed by atoms with van der Waals surface area (Å²) in [6.07, 6.45) is 10.5. The molecular formula is C15H23N3. The molecule has 1 atom stereocenters. The highest BCUT2D eigenvalue weighted by Gasteiger charge is 2.26. The Bertz CT molecular complexity index is 408. The van der Waals surface area contributed by atoms with Gasteiger partial charge in [-0.3, -0.25) is 4.98 Å². The van der Waals surface area contributed by atoms with Gasteiger partial charge in [-0.1, -0.05) is 46.5 Å². The minimum atomic E-state index is 0.0492. The molecule has 0 fully saturated rings. The van der Waals surface area contributed by atoms with Crippen LogP contribution in [0.4, 0.5) is 0 Å². The van der Waals surface area contributed by atoms with Gasteiger partial charge in [0.2, 0.25) is 0 Å². The van der Waals surface area contributed by atoms with E-state index in [-0.39, 0.29) is 5.41 Å². The monoisotopic (exact) mass is 245 g/mol. The summed E-state index contributed by atoms with van der Waals surface area (Å²) < 4.78 is 0. The fourth-order valence-electron chi connectivity index (χ4n) is 2.14. The van der Waals surface area contributed by atoms with Crippen molar-refractivity contribution in [3.05, 3.63) is 23.8 Å². The van der Waals surface area contributed by atoms with E-state index in [0.29, 0.717) is 5.69 Å². The van der Waals surface area contributed by atoms with Crippen molar-refractivity contribution in [2.75, 3.05) is 0 Å². The summed E-state index contributed by atoms with van der Waals surface area (Å²) in [6, 6.07) is 2.07. The number of nitriles is 1. The summed E-state index contributed by atoms with van der Waals surface area (Å²) in [5.41, 5.74) is 1.43. The molecule has 0 aliphatic carbocycles. The Morgan fingerprint density at radius 3 is 2.61 bits per heavy atom. The van der Waals surface area contributed by atoms with Crippen molar-refractivity contribution in [3.63, 3.8) is 0 Å². The van der Waals surface area contributed by atoms with E-state index >= 15 is 0 Å². The Balaban J connectivity index is 2.76. The molecule has 0 bridgehead atoms. The fraction of sp³-hybridized carbons (Fsp3) is 0.667. The molecule has 1 unspecified atom stereocenters. The topological polar surface area (TPSA) is 49.6 Å². The number of nitrogens with zero attached hydrogens (tertiary/aromatic N) is 3. The third kappa shape index (κ3) is 3.80. The molecule has 0 radical (unpaired) electrons. The van der Waals surface area contributed by atoms with Crippen LogP contribution in [0.5, 0.6) is 0 Å². The second kappa shape index (κ2) is 7.10. The number of unbranched alkanes of at least 4 members (excludes halogenated alkanes) is 3. The van der Waals surface area contributed by atoms with Gasteiger partial charge >= 0.3 is 0 Å². The van der Waals surface area contributed by atoms with Crippen molar-refractivity contribution in [1.82, 2.24) is 9.97 Å². The lowest BCUT2D eigenvalue weighted by atomic mass is 9.79. The SMILES string of the molecule is CCCCCCC(C)(CC)c1cncc(C#N)n1. The molecule has 0 spiro atoms. The van der Waals surface area contributed by atoms with Gasteiger partial charge in [0, 0.05) is 11.6 Å². The predicted molar refractivity (Wildman–Crippen MR) is 73.1 cm³/mol. The van der Waals surface area contributed by atoms with E-state index in [1.165, 1.54) is 31.9 Å². The first-order chi connectivity index (χ1) is 8.66. The van der Waals surface area contributed by atoms with Crippen molar-refractivity contribution in [3.8, 4) is 6.07 Å². The quantitative estimate of drug-likeness (QED) is 0.682. The number of aromatic nitrogens is 2. The van der Waals surface area contributed by atoms with Gasteiger partial charge in [-0.15, -0.1) is 0 Å². The fourth-order valence-corrected chi connectivity index (χ4v) is 2.14. The molecule has 3 nitrogen and oxygen atoms in total.